The quantitative estimate of drug-likeness (QED) is 0.793. The molecular formula is C14H25N3OS. The first kappa shape index (κ1) is 16.0. The van der Waals surface area contributed by atoms with Crippen LogP contribution in [0.4, 0.5) is 4.79 Å². The molecule has 108 valence electrons. The fraction of sp³-hybridized carbons (Fsp3) is 0.714. The molecule has 4 nitrogen and oxygen atoms in total. The number of fused-ring (bicyclic) bond motifs is 1. The molecule has 2 amide bonds. The van der Waals surface area contributed by atoms with Crippen LogP contribution in [0.25, 0.3) is 0 Å². The van der Waals surface area contributed by atoms with Gasteiger partial charge in [-0.05, 0) is 27.7 Å². The molecule has 0 fully saturated rings. The van der Waals surface area contributed by atoms with Crippen molar-refractivity contribution in [3.63, 3.8) is 0 Å². The Morgan fingerprint density at radius 2 is 2.00 bits per heavy atom. The Kier molecular flexibility index (Phi) is 5.35. The molecule has 0 unspecified atom stereocenters. The van der Waals surface area contributed by atoms with Gasteiger partial charge in [0.2, 0.25) is 0 Å². The largest absolute Gasteiger partial charge is 0.333 e. The highest BCUT2D eigenvalue weighted by Gasteiger charge is 2.25. The molecule has 2 rings (SSSR count). The monoisotopic (exact) mass is 283 g/mol. The third-order valence-corrected chi connectivity index (χ3v) is 3.61. The normalized spacial score (nSPS) is 14.3. The summed E-state index contributed by atoms with van der Waals surface area (Å²) in [5.41, 5.74) is 0.994. The number of hydrogen-bond acceptors (Lipinski definition) is 3. The summed E-state index contributed by atoms with van der Waals surface area (Å²) in [6.07, 6.45) is 0.872. The van der Waals surface area contributed by atoms with Crippen molar-refractivity contribution in [3.8, 4) is 0 Å². The number of thiazole rings is 1. The Labute approximate surface area is 120 Å². The summed E-state index contributed by atoms with van der Waals surface area (Å²) >= 11 is 1.70. The lowest BCUT2D eigenvalue weighted by atomic mass is 10.1. The van der Waals surface area contributed by atoms with Gasteiger partial charge < -0.3 is 10.2 Å². The first-order chi connectivity index (χ1) is 8.85. The van der Waals surface area contributed by atoms with Crippen molar-refractivity contribution in [1.29, 1.82) is 0 Å². The van der Waals surface area contributed by atoms with Crippen molar-refractivity contribution >= 4 is 17.4 Å². The van der Waals surface area contributed by atoms with E-state index in [-0.39, 0.29) is 11.6 Å². The smallest absolute Gasteiger partial charge is 0.318 e. The van der Waals surface area contributed by atoms with Crippen LogP contribution in [-0.2, 0) is 13.0 Å². The van der Waals surface area contributed by atoms with Gasteiger partial charge in [-0.25, -0.2) is 9.78 Å². The number of nitrogens with zero attached hydrogens (tertiary/aromatic N) is 2. The van der Waals surface area contributed by atoms with Gasteiger partial charge in [0.15, 0.2) is 0 Å². The van der Waals surface area contributed by atoms with Gasteiger partial charge in [0.1, 0.15) is 0 Å². The molecule has 0 radical (unpaired) electrons. The molecule has 0 saturated carbocycles. The molecule has 0 aromatic carbocycles. The Hall–Kier alpha value is -1.10. The lowest BCUT2D eigenvalue weighted by Gasteiger charge is -2.30. The van der Waals surface area contributed by atoms with E-state index in [1.807, 2.05) is 46.4 Å². The van der Waals surface area contributed by atoms with Gasteiger partial charge in [0.25, 0.3) is 0 Å². The molecule has 0 atom stereocenters. The summed E-state index contributed by atoms with van der Waals surface area (Å²) in [6.45, 7) is 13.5. The number of urea groups is 1. The van der Waals surface area contributed by atoms with Gasteiger partial charge in [-0.2, -0.15) is 0 Å². The van der Waals surface area contributed by atoms with Crippen LogP contribution in [-0.4, -0.2) is 28.0 Å². The lowest BCUT2D eigenvalue weighted by Crippen LogP contribution is -2.49. The van der Waals surface area contributed by atoms with Crippen LogP contribution in [0.1, 0.15) is 50.2 Å². The number of amides is 2. The van der Waals surface area contributed by atoms with Crippen molar-refractivity contribution in [2.75, 3.05) is 6.54 Å². The molecule has 19 heavy (non-hydrogen) atoms. The minimum Gasteiger partial charge on any atom is -0.333 e. The number of rotatable bonds is 0. The van der Waals surface area contributed by atoms with E-state index in [1.165, 1.54) is 10.6 Å². The van der Waals surface area contributed by atoms with Crippen molar-refractivity contribution in [2.24, 2.45) is 0 Å². The highest BCUT2D eigenvalue weighted by molar-refractivity contribution is 7.11. The number of carbonyl (C=O) groups excluding carboxylic acids is 1. The number of hydrogen-bond donors (Lipinski definition) is 1. The van der Waals surface area contributed by atoms with Crippen molar-refractivity contribution < 1.29 is 4.79 Å². The van der Waals surface area contributed by atoms with Gasteiger partial charge in [0, 0.05) is 23.4 Å². The first-order valence-corrected chi connectivity index (χ1v) is 7.69. The maximum absolute atomic E-state index is 12.0. The van der Waals surface area contributed by atoms with E-state index in [4.69, 9.17) is 0 Å². The van der Waals surface area contributed by atoms with Crippen LogP contribution in [0.3, 0.4) is 0 Å². The topological polar surface area (TPSA) is 45.2 Å². The van der Waals surface area contributed by atoms with E-state index in [0.29, 0.717) is 6.54 Å². The zero-order valence-corrected chi connectivity index (χ0v) is 13.6. The summed E-state index contributed by atoms with van der Waals surface area (Å²) in [4.78, 5) is 19.6. The molecule has 0 saturated heterocycles. The fourth-order valence-electron chi connectivity index (χ4n) is 1.90. The van der Waals surface area contributed by atoms with Crippen LogP contribution in [0.5, 0.6) is 0 Å². The number of carbonyl (C=O) groups is 1. The predicted molar refractivity (Wildman–Crippen MR) is 80.6 cm³/mol. The standard InChI is InChI=1S/C12H19N3OS.C2H6/c1-8-13-9-5-6-15(7-10(9)17-8)11(16)14-12(2,3)4;1-2/h5-7H2,1-4H3,(H,14,16);1-2H3. The third-order valence-electron chi connectivity index (χ3n) is 2.61. The summed E-state index contributed by atoms with van der Waals surface area (Å²) in [7, 11) is 0. The zero-order chi connectivity index (χ0) is 14.6. The van der Waals surface area contributed by atoms with Crippen LogP contribution in [0.2, 0.25) is 0 Å². The Morgan fingerprint density at radius 1 is 1.37 bits per heavy atom. The molecule has 5 heteroatoms. The Balaban J connectivity index is 0.000000861. The van der Waals surface area contributed by atoms with Crippen LogP contribution in [0, 0.1) is 6.92 Å². The number of nitrogens with one attached hydrogen (secondary N) is 1. The third kappa shape index (κ3) is 4.49. The summed E-state index contributed by atoms with van der Waals surface area (Å²) < 4.78 is 0. The van der Waals surface area contributed by atoms with Crippen LogP contribution in [0.15, 0.2) is 0 Å². The number of aromatic nitrogens is 1. The highest BCUT2D eigenvalue weighted by atomic mass is 32.1. The predicted octanol–water partition coefficient (Wildman–Crippen LogP) is 3.34. The Bertz CT molecular complexity index is 434. The summed E-state index contributed by atoms with van der Waals surface area (Å²) in [6, 6.07) is 0.0224. The SMILES string of the molecule is CC.Cc1nc2c(s1)CN(C(=O)NC(C)(C)C)CC2. The summed E-state index contributed by atoms with van der Waals surface area (Å²) in [5.74, 6) is 0. The van der Waals surface area contributed by atoms with Crippen LogP contribution < -0.4 is 5.32 Å². The van der Waals surface area contributed by atoms with Crippen molar-refractivity contribution in [3.05, 3.63) is 15.6 Å². The minimum atomic E-state index is -0.180. The molecule has 1 N–H and O–H groups in total. The van der Waals surface area contributed by atoms with Crippen LogP contribution >= 0.6 is 11.3 Å². The fourth-order valence-corrected chi connectivity index (χ4v) is 2.90. The average molecular weight is 283 g/mol. The van der Waals surface area contributed by atoms with E-state index in [0.717, 1.165) is 18.0 Å². The lowest BCUT2D eigenvalue weighted by molar-refractivity contribution is 0.183. The molecule has 1 aliphatic rings. The van der Waals surface area contributed by atoms with E-state index < -0.39 is 0 Å². The maximum Gasteiger partial charge on any atom is 0.318 e. The minimum absolute atomic E-state index is 0.0224. The van der Waals surface area contributed by atoms with E-state index in [2.05, 4.69) is 10.3 Å². The van der Waals surface area contributed by atoms with Crippen molar-refractivity contribution in [2.45, 2.75) is 60.0 Å². The molecule has 1 aromatic rings. The van der Waals surface area contributed by atoms with Gasteiger partial charge in [-0.1, -0.05) is 13.8 Å². The second-order valence-corrected chi connectivity index (χ2v) is 6.74. The molecule has 2 heterocycles. The van der Waals surface area contributed by atoms with E-state index in [1.54, 1.807) is 11.3 Å². The number of aryl methyl sites for hydroxylation is 1. The second-order valence-electron chi connectivity index (χ2n) is 5.45. The average Bonchev–Trinajstić information content (AvgIpc) is 2.68. The molecule has 0 spiro atoms. The van der Waals surface area contributed by atoms with E-state index in [9.17, 15) is 4.79 Å². The summed E-state index contributed by atoms with van der Waals surface area (Å²) in [5, 5.41) is 4.09. The van der Waals surface area contributed by atoms with Gasteiger partial charge >= 0.3 is 6.03 Å². The first-order valence-electron chi connectivity index (χ1n) is 6.87. The van der Waals surface area contributed by atoms with Gasteiger partial charge in [-0.15, -0.1) is 11.3 Å². The van der Waals surface area contributed by atoms with E-state index >= 15 is 0 Å². The van der Waals surface area contributed by atoms with Crippen molar-refractivity contribution in [1.82, 2.24) is 15.2 Å². The molecular weight excluding hydrogens is 258 g/mol. The Morgan fingerprint density at radius 3 is 2.58 bits per heavy atom. The highest BCUT2D eigenvalue weighted by Crippen LogP contribution is 2.24. The van der Waals surface area contributed by atoms with Gasteiger partial charge in [0.05, 0.1) is 17.2 Å². The molecule has 0 bridgehead atoms. The molecule has 0 aliphatic carbocycles. The maximum atomic E-state index is 12.0. The second kappa shape index (κ2) is 6.37. The molecule has 1 aromatic heterocycles. The zero-order valence-electron chi connectivity index (χ0n) is 12.8. The van der Waals surface area contributed by atoms with Gasteiger partial charge in [-0.3, -0.25) is 0 Å². The molecule has 1 aliphatic heterocycles.